The Morgan fingerprint density at radius 1 is 1.38 bits per heavy atom. The number of rotatable bonds is 1. The van der Waals surface area contributed by atoms with Gasteiger partial charge < -0.3 is 10.2 Å². The van der Waals surface area contributed by atoms with Gasteiger partial charge in [0.15, 0.2) is 0 Å². The summed E-state index contributed by atoms with van der Waals surface area (Å²) in [5, 5.41) is 6.45. The van der Waals surface area contributed by atoms with Crippen LogP contribution in [0.25, 0.3) is 0 Å². The molecule has 0 spiro atoms. The minimum absolute atomic E-state index is 0.0723. The Bertz CT molecular complexity index is 188. The van der Waals surface area contributed by atoms with Crippen LogP contribution in [0.4, 0.5) is 0 Å². The fourth-order valence-electron chi connectivity index (χ4n) is 1.66. The minimum Gasteiger partial charge on any atom is -0.339 e. The second kappa shape index (κ2) is 4.30. The molecule has 2 rings (SSSR count). The lowest BCUT2D eigenvalue weighted by Gasteiger charge is -2.29. The smallest absolute Gasteiger partial charge is 0.240 e. The molecule has 2 saturated heterocycles. The second-order valence-corrected chi connectivity index (χ2v) is 4.38. The van der Waals surface area contributed by atoms with E-state index in [2.05, 4.69) is 10.6 Å². The number of amides is 1. The van der Waals surface area contributed by atoms with Gasteiger partial charge in [0.25, 0.3) is 0 Å². The molecule has 2 fully saturated rings. The third kappa shape index (κ3) is 2.15. The molecule has 5 heteroatoms. The maximum absolute atomic E-state index is 11.8. The Morgan fingerprint density at radius 2 is 2.15 bits per heavy atom. The van der Waals surface area contributed by atoms with Gasteiger partial charge in [0.2, 0.25) is 5.91 Å². The van der Waals surface area contributed by atoms with Crippen LogP contribution in [0, 0.1) is 0 Å². The molecule has 4 nitrogen and oxygen atoms in total. The standard InChI is InChI=1S/C8H15N3OS/c12-8(7-5-13-6-10-7)11-3-1-9-2-4-11/h7,9-10H,1-6H2. The van der Waals surface area contributed by atoms with Crippen molar-refractivity contribution in [3.8, 4) is 0 Å². The maximum Gasteiger partial charge on any atom is 0.240 e. The molecule has 0 radical (unpaired) electrons. The third-order valence-electron chi connectivity index (χ3n) is 2.44. The summed E-state index contributed by atoms with van der Waals surface area (Å²) in [6, 6.07) is 0.0723. The van der Waals surface area contributed by atoms with Gasteiger partial charge in [-0.15, -0.1) is 11.8 Å². The summed E-state index contributed by atoms with van der Waals surface area (Å²) in [6.07, 6.45) is 0. The van der Waals surface area contributed by atoms with Crippen molar-refractivity contribution < 1.29 is 4.79 Å². The molecule has 1 amide bonds. The van der Waals surface area contributed by atoms with Gasteiger partial charge in [-0.2, -0.15) is 0 Å². The minimum atomic E-state index is 0.0723. The van der Waals surface area contributed by atoms with E-state index in [0.29, 0.717) is 0 Å². The zero-order chi connectivity index (χ0) is 9.10. The lowest BCUT2D eigenvalue weighted by molar-refractivity contribution is -0.133. The number of hydrogen-bond donors (Lipinski definition) is 2. The molecule has 2 heterocycles. The maximum atomic E-state index is 11.8. The van der Waals surface area contributed by atoms with Gasteiger partial charge in [0, 0.05) is 37.8 Å². The van der Waals surface area contributed by atoms with Crippen molar-refractivity contribution in [1.29, 1.82) is 0 Å². The predicted molar refractivity (Wildman–Crippen MR) is 53.7 cm³/mol. The van der Waals surface area contributed by atoms with Crippen LogP contribution in [0.1, 0.15) is 0 Å². The third-order valence-corrected chi connectivity index (χ3v) is 3.38. The molecule has 0 aliphatic carbocycles. The van der Waals surface area contributed by atoms with Crippen LogP contribution in [0.3, 0.4) is 0 Å². The number of nitrogens with one attached hydrogen (secondary N) is 2. The molecule has 0 aromatic heterocycles. The van der Waals surface area contributed by atoms with Gasteiger partial charge in [0.05, 0.1) is 6.04 Å². The Kier molecular flexibility index (Phi) is 3.08. The first kappa shape index (κ1) is 9.30. The Morgan fingerprint density at radius 3 is 2.77 bits per heavy atom. The van der Waals surface area contributed by atoms with Gasteiger partial charge in [-0.25, -0.2) is 0 Å². The summed E-state index contributed by atoms with van der Waals surface area (Å²) in [5.41, 5.74) is 0. The van der Waals surface area contributed by atoms with Crippen LogP contribution >= 0.6 is 11.8 Å². The van der Waals surface area contributed by atoms with Crippen LogP contribution < -0.4 is 10.6 Å². The summed E-state index contributed by atoms with van der Waals surface area (Å²) in [5.74, 6) is 2.14. The number of carbonyl (C=O) groups excluding carboxylic acids is 1. The van der Waals surface area contributed by atoms with Crippen LogP contribution in [0.5, 0.6) is 0 Å². The molecule has 1 atom stereocenters. The summed E-state index contributed by atoms with van der Waals surface area (Å²) >= 11 is 1.80. The lowest BCUT2D eigenvalue weighted by atomic mass is 10.2. The van der Waals surface area contributed by atoms with Crippen molar-refractivity contribution in [3.63, 3.8) is 0 Å². The summed E-state index contributed by atoms with van der Waals surface area (Å²) in [7, 11) is 0. The van der Waals surface area contributed by atoms with Gasteiger partial charge in [-0.05, 0) is 0 Å². The zero-order valence-electron chi connectivity index (χ0n) is 7.58. The first-order valence-electron chi connectivity index (χ1n) is 4.68. The van der Waals surface area contributed by atoms with E-state index in [1.807, 2.05) is 4.90 Å². The molecule has 0 bridgehead atoms. The molecule has 0 aromatic rings. The summed E-state index contributed by atoms with van der Waals surface area (Å²) in [6.45, 7) is 3.60. The highest BCUT2D eigenvalue weighted by Crippen LogP contribution is 2.12. The highest BCUT2D eigenvalue weighted by atomic mass is 32.2. The normalized spacial score (nSPS) is 29.2. The number of hydrogen-bond acceptors (Lipinski definition) is 4. The Balaban J connectivity index is 1.87. The van der Waals surface area contributed by atoms with E-state index >= 15 is 0 Å². The zero-order valence-corrected chi connectivity index (χ0v) is 8.40. The van der Waals surface area contributed by atoms with Gasteiger partial charge in [0.1, 0.15) is 0 Å². The predicted octanol–water partition coefficient (Wildman–Crippen LogP) is -0.919. The topological polar surface area (TPSA) is 44.4 Å². The monoisotopic (exact) mass is 201 g/mol. The van der Waals surface area contributed by atoms with Crippen molar-refractivity contribution >= 4 is 17.7 Å². The van der Waals surface area contributed by atoms with E-state index < -0.39 is 0 Å². The van der Waals surface area contributed by atoms with Crippen LogP contribution in [-0.2, 0) is 4.79 Å². The quantitative estimate of drug-likeness (QED) is 0.576. The Labute approximate surface area is 82.4 Å². The van der Waals surface area contributed by atoms with Crippen LogP contribution in [0.2, 0.25) is 0 Å². The fourth-order valence-corrected chi connectivity index (χ4v) is 2.59. The largest absolute Gasteiger partial charge is 0.339 e. The number of nitrogens with zero attached hydrogens (tertiary/aromatic N) is 1. The SMILES string of the molecule is O=C(C1CSCN1)N1CCNCC1. The van der Waals surface area contributed by atoms with Gasteiger partial charge in [-0.1, -0.05) is 0 Å². The lowest BCUT2D eigenvalue weighted by Crippen LogP contribution is -2.52. The van der Waals surface area contributed by atoms with Crippen molar-refractivity contribution in [2.75, 3.05) is 37.8 Å². The summed E-state index contributed by atoms with van der Waals surface area (Å²) in [4.78, 5) is 13.8. The summed E-state index contributed by atoms with van der Waals surface area (Å²) < 4.78 is 0. The van der Waals surface area contributed by atoms with E-state index in [1.54, 1.807) is 11.8 Å². The number of carbonyl (C=O) groups is 1. The fraction of sp³-hybridized carbons (Fsp3) is 0.875. The first-order valence-corrected chi connectivity index (χ1v) is 5.84. The van der Waals surface area contributed by atoms with Crippen LogP contribution in [-0.4, -0.2) is 54.7 Å². The molecule has 2 aliphatic rings. The van der Waals surface area contributed by atoms with Crippen LogP contribution in [0.15, 0.2) is 0 Å². The number of thioether (sulfide) groups is 1. The molecular formula is C8H15N3OS. The first-order chi connectivity index (χ1) is 6.38. The average molecular weight is 201 g/mol. The number of piperazine rings is 1. The van der Waals surface area contributed by atoms with Crippen molar-refractivity contribution in [2.45, 2.75) is 6.04 Å². The van der Waals surface area contributed by atoms with Crippen molar-refractivity contribution in [1.82, 2.24) is 15.5 Å². The average Bonchev–Trinajstić information content (AvgIpc) is 2.71. The van der Waals surface area contributed by atoms with E-state index in [4.69, 9.17) is 0 Å². The van der Waals surface area contributed by atoms with Crippen molar-refractivity contribution in [3.05, 3.63) is 0 Å². The van der Waals surface area contributed by atoms with E-state index in [0.717, 1.165) is 37.8 Å². The highest BCUT2D eigenvalue weighted by Gasteiger charge is 2.27. The second-order valence-electron chi connectivity index (χ2n) is 3.35. The van der Waals surface area contributed by atoms with Gasteiger partial charge in [-0.3, -0.25) is 10.1 Å². The molecule has 2 N–H and O–H groups in total. The van der Waals surface area contributed by atoms with E-state index in [1.165, 1.54) is 0 Å². The molecule has 0 aromatic carbocycles. The highest BCUT2D eigenvalue weighted by molar-refractivity contribution is 7.99. The van der Waals surface area contributed by atoms with E-state index in [-0.39, 0.29) is 11.9 Å². The van der Waals surface area contributed by atoms with Crippen molar-refractivity contribution in [2.24, 2.45) is 0 Å². The molecule has 74 valence electrons. The molecule has 1 unspecified atom stereocenters. The van der Waals surface area contributed by atoms with E-state index in [9.17, 15) is 4.79 Å². The van der Waals surface area contributed by atoms with Gasteiger partial charge >= 0.3 is 0 Å². The molecular weight excluding hydrogens is 186 g/mol. The molecule has 13 heavy (non-hydrogen) atoms. The molecule has 2 aliphatic heterocycles. The Hall–Kier alpha value is -0.260. The molecule has 0 saturated carbocycles.